The van der Waals surface area contributed by atoms with Crippen LogP contribution in [0.1, 0.15) is 49.0 Å². The second-order valence-electron chi connectivity index (χ2n) is 11.2. The number of fused-ring (bicyclic) bond motifs is 1. The number of hydrogen-bond acceptors (Lipinski definition) is 9. The summed E-state index contributed by atoms with van der Waals surface area (Å²) in [5.74, 6) is 0.271. The number of carbonyl (C=O) groups is 2. The highest BCUT2D eigenvalue weighted by Crippen LogP contribution is 2.39. The van der Waals surface area contributed by atoms with Gasteiger partial charge in [-0.25, -0.2) is 14.6 Å². The van der Waals surface area contributed by atoms with Crippen LogP contribution in [0.4, 0.5) is 4.79 Å². The molecule has 5 rings (SSSR count). The molecule has 44 heavy (non-hydrogen) atoms. The van der Waals surface area contributed by atoms with Crippen molar-refractivity contribution in [1.82, 2.24) is 14.5 Å². The Labute approximate surface area is 269 Å². The molecule has 0 bridgehead atoms. The van der Waals surface area contributed by atoms with Crippen molar-refractivity contribution < 1.29 is 33.3 Å². The van der Waals surface area contributed by atoms with E-state index < -0.39 is 17.7 Å². The molecular weight excluding hydrogens is 629 g/mol. The molecule has 0 radical (unpaired) electrons. The molecule has 2 unspecified atom stereocenters. The summed E-state index contributed by atoms with van der Waals surface area (Å²) in [6, 6.07) is 12.6. The van der Waals surface area contributed by atoms with Crippen LogP contribution in [0.5, 0.6) is 11.5 Å². The number of esters is 1. The molecule has 2 aromatic carbocycles. The Morgan fingerprint density at radius 2 is 1.95 bits per heavy atom. The van der Waals surface area contributed by atoms with Crippen LogP contribution in [-0.2, 0) is 14.2 Å². The lowest BCUT2D eigenvalue weighted by atomic mass is 10.1. The lowest BCUT2D eigenvalue weighted by Gasteiger charge is -2.34. The molecule has 0 saturated carbocycles. The van der Waals surface area contributed by atoms with Gasteiger partial charge in [0.05, 0.1) is 36.3 Å². The van der Waals surface area contributed by atoms with Crippen molar-refractivity contribution in [3.05, 3.63) is 69.3 Å². The minimum Gasteiger partial charge on any atom is -0.489 e. The third-order valence-corrected chi connectivity index (χ3v) is 8.49. The summed E-state index contributed by atoms with van der Waals surface area (Å²) in [5, 5.41) is 1.67. The molecule has 1 aliphatic rings. The minimum absolute atomic E-state index is 0.183. The van der Waals surface area contributed by atoms with Gasteiger partial charge in [0.15, 0.2) is 4.88 Å². The first-order valence-corrected chi connectivity index (χ1v) is 15.5. The Morgan fingerprint density at radius 3 is 2.70 bits per heavy atom. The number of hydrogen-bond donors (Lipinski definition) is 0. The molecule has 0 aliphatic carbocycles. The highest BCUT2D eigenvalue weighted by molar-refractivity contribution is 7.16. The monoisotopic (exact) mass is 661 g/mol. The molecular formula is C31H33Cl2N3O7S. The fraction of sp³-hybridized carbons (Fsp3) is 0.387. The molecule has 10 nitrogen and oxygen atoms in total. The number of thiophene rings is 1. The van der Waals surface area contributed by atoms with Gasteiger partial charge in [-0.15, -0.1) is 11.3 Å². The SMILES string of the molecule is COC(=O)c1sc(-n2cnc3cc(Cl)ccc32)cc1OC(C)c1cccc(OCC2CN(C(=O)OC(C)(C)C)CCO2)c1Cl. The van der Waals surface area contributed by atoms with Crippen LogP contribution in [0.2, 0.25) is 10.0 Å². The van der Waals surface area contributed by atoms with Gasteiger partial charge in [0, 0.05) is 23.2 Å². The highest BCUT2D eigenvalue weighted by atomic mass is 35.5. The minimum atomic E-state index is -0.584. The van der Waals surface area contributed by atoms with Crippen LogP contribution >= 0.6 is 34.5 Å². The molecule has 13 heteroatoms. The summed E-state index contributed by atoms with van der Waals surface area (Å²) in [4.78, 5) is 31.6. The van der Waals surface area contributed by atoms with Crippen molar-refractivity contribution in [2.45, 2.75) is 45.5 Å². The number of nitrogens with zero attached hydrogens (tertiary/aromatic N) is 3. The lowest BCUT2D eigenvalue weighted by molar-refractivity contribution is -0.0557. The van der Waals surface area contributed by atoms with Crippen LogP contribution in [0.3, 0.4) is 0 Å². The number of carbonyl (C=O) groups excluding carboxylic acids is 2. The summed E-state index contributed by atoms with van der Waals surface area (Å²) >= 11 is 14.1. The van der Waals surface area contributed by atoms with E-state index in [2.05, 4.69) is 4.98 Å². The summed E-state index contributed by atoms with van der Waals surface area (Å²) in [6.07, 6.45) is 0.377. The van der Waals surface area contributed by atoms with Crippen molar-refractivity contribution in [3.63, 3.8) is 0 Å². The topological polar surface area (TPSA) is 101 Å². The third-order valence-electron chi connectivity index (χ3n) is 6.75. The van der Waals surface area contributed by atoms with E-state index in [-0.39, 0.29) is 18.8 Å². The van der Waals surface area contributed by atoms with E-state index in [0.29, 0.717) is 56.7 Å². The zero-order valence-electron chi connectivity index (χ0n) is 25.0. The third kappa shape index (κ3) is 7.23. The maximum Gasteiger partial charge on any atom is 0.410 e. The standard InChI is InChI=1S/C31H33Cl2N3O7S/c1-18(42-25-14-26(44-28(25)29(37)39-5)36-17-34-22-13-19(32)9-10-23(22)36)21-7-6-8-24(27(21)33)41-16-20-15-35(11-12-40-20)30(38)43-31(2,3)4/h6-10,13-14,17-18,20H,11-12,15-16H2,1-5H3. The van der Waals surface area contributed by atoms with E-state index in [0.717, 1.165) is 11.0 Å². The molecule has 234 valence electrons. The summed E-state index contributed by atoms with van der Waals surface area (Å²) < 4.78 is 30.6. The average Bonchev–Trinajstić information content (AvgIpc) is 3.59. The second-order valence-corrected chi connectivity index (χ2v) is 13.0. The predicted molar refractivity (Wildman–Crippen MR) is 169 cm³/mol. The van der Waals surface area contributed by atoms with Crippen molar-refractivity contribution >= 4 is 57.6 Å². The molecule has 1 fully saturated rings. The number of morpholine rings is 1. The number of rotatable bonds is 8. The first kappa shape index (κ1) is 31.9. The Bertz CT molecular complexity index is 1670. The van der Waals surface area contributed by atoms with Crippen molar-refractivity contribution in [1.29, 1.82) is 0 Å². The Hall–Kier alpha value is -3.51. The summed E-state index contributed by atoms with van der Waals surface area (Å²) in [5.41, 5.74) is 1.63. The number of halogens is 2. The molecule has 0 spiro atoms. The molecule has 3 heterocycles. The van der Waals surface area contributed by atoms with Crippen LogP contribution in [0.25, 0.3) is 16.0 Å². The van der Waals surface area contributed by atoms with E-state index in [4.69, 9.17) is 46.9 Å². The summed E-state index contributed by atoms with van der Waals surface area (Å²) in [7, 11) is 1.32. The van der Waals surface area contributed by atoms with Gasteiger partial charge < -0.3 is 28.6 Å². The first-order valence-electron chi connectivity index (χ1n) is 14.0. The van der Waals surface area contributed by atoms with Gasteiger partial charge in [-0.05, 0) is 52.0 Å². The van der Waals surface area contributed by atoms with E-state index in [1.54, 1.807) is 35.5 Å². The van der Waals surface area contributed by atoms with Crippen LogP contribution in [0, 0.1) is 0 Å². The van der Waals surface area contributed by atoms with Crippen LogP contribution in [-0.4, -0.2) is 71.6 Å². The molecule has 0 N–H and O–H groups in total. The van der Waals surface area contributed by atoms with Crippen LogP contribution in [0.15, 0.2) is 48.8 Å². The second kappa shape index (κ2) is 13.2. The quantitative estimate of drug-likeness (QED) is 0.181. The maximum absolute atomic E-state index is 12.7. The number of benzene rings is 2. The Balaban J connectivity index is 1.30. The fourth-order valence-electron chi connectivity index (χ4n) is 4.67. The largest absolute Gasteiger partial charge is 0.489 e. The van der Waals surface area contributed by atoms with Gasteiger partial charge in [0.2, 0.25) is 0 Å². The maximum atomic E-state index is 12.7. The Morgan fingerprint density at radius 1 is 1.16 bits per heavy atom. The highest BCUT2D eigenvalue weighted by Gasteiger charge is 2.29. The predicted octanol–water partition coefficient (Wildman–Crippen LogP) is 7.34. The number of amides is 1. The first-order chi connectivity index (χ1) is 20.9. The molecule has 1 aliphatic heterocycles. The van der Waals surface area contributed by atoms with Gasteiger partial charge in [-0.1, -0.05) is 35.3 Å². The van der Waals surface area contributed by atoms with Crippen LogP contribution < -0.4 is 9.47 Å². The average molecular weight is 663 g/mol. The van der Waals surface area contributed by atoms with E-state index in [9.17, 15) is 9.59 Å². The van der Waals surface area contributed by atoms with Crippen molar-refractivity contribution in [2.75, 3.05) is 33.4 Å². The van der Waals surface area contributed by atoms with E-state index >= 15 is 0 Å². The van der Waals surface area contributed by atoms with Crippen molar-refractivity contribution in [2.24, 2.45) is 0 Å². The number of aromatic nitrogens is 2. The van der Waals surface area contributed by atoms with Gasteiger partial charge in [0.25, 0.3) is 0 Å². The van der Waals surface area contributed by atoms with Gasteiger partial charge in [-0.2, -0.15) is 0 Å². The zero-order valence-corrected chi connectivity index (χ0v) is 27.3. The molecule has 1 saturated heterocycles. The molecule has 2 atom stereocenters. The number of imidazole rings is 1. The lowest BCUT2D eigenvalue weighted by Crippen LogP contribution is -2.49. The van der Waals surface area contributed by atoms with Gasteiger partial charge >= 0.3 is 12.1 Å². The normalized spacial score (nSPS) is 16.1. The number of ether oxygens (including phenoxy) is 5. The molecule has 2 aromatic heterocycles. The zero-order chi connectivity index (χ0) is 31.6. The van der Waals surface area contributed by atoms with Gasteiger partial charge in [-0.3, -0.25) is 4.57 Å². The smallest absolute Gasteiger partial charge is 0.410 e. The van der Waals surface area contributed by atoms with E-state index in [1.165, 1.54) is 18.4 Å². The summed E-state index contributed by atoms with van der Waals surface area (Å²) in [6.45, 7) is 8.66. The number of methoxy groups -OCH3 is 1. The fourth-order valence-corrected chi connectivity index (χ4v) is 6.16. The van der Waals surface area contributed by atoms with Crippen molar-refractivity contribution in [3.8, 4) is 16.5 Å². The van der Waals surface area contributed by atoms with E-state index in [1.807, 2.05) is 50.5 Å². The molecule has 1 amide bonds. The Kier molecular flexibility index (Phi) is 9.59. The molecule has 4 aromatic rings. The van der Waals surface area contributed by atoms with Gasteiger partial charge in [0.1, 0.15) is 47.2 Å².